The van der Waals surface area contributed by atoms with Gasteiger partial charge >= 0.3 is 0 Å². The van der Waals surface area contributed by atoms with Crippen molar-refractivity contribution in [3.05, 3.63) is 78.2 Å². The summed E-state index contributed by atoms with van der Waals surface area (Å²) in [5, 5.41) is 3.15. The number of hydrogen-bond donors (Lipinski definition) is 1. The van der Waals surface area contributed by atoms with Gasteiger partial charge in [-0.25, -0.2) is 4.98 Å². The zero-order valence-electron chi connectivity index (χ0n) is 15.9. The van der Waals surface area contributed by atoms with Crippen LogP contribution >= 0.6 is 0 Å². The number of hydrogen-bond acceptors (Lipinski definition) is 4. The van der Waals surface area contributed by atoms with E-state index in [0.29, 0.717) is 11.6 Å². The van der Waals surface area contributed by atoms with Crippen LogP contribution in [0.4, 0.5) is 0 Å². The minimum Gasteiger partial charge on any atom is -0.444 e. The predicted octanol–water partition coefficient (Wildman–Crippen LogP) is 3.66. The van der Waals surface area contributed by atoms with Gasteiger partial charge in [0.05, 0.1) is 12.1 Å². The maximum atomic E-state index is 12.4. The van der Waals surface area contributed by atoms with E-state index in [9.17, 15) is 4.79 Å². The number of carbonyl (C=O) groups excluding carboxylic acids is 1. The molecule has 0 radical (unpaired) electrons. The van der Waals surface area contributed by atoms with Gasteiger partial charge < -0.3 is 9.73 Å². The molecule has 0 bridgehead atoms. The Labute approximate surface area is 165 Å². The fourth-order valence-electron chi connectivity index (χ4n) is 3.62. The molecular weight excluding hydrogens is 350 g/mol. The molecule has 1 N–H and O–H groups in total. The van der Waals surface area contributed by atoms with E-state index in [0.717, 1.165) is 38.0 Å². The second kappa shape index (κ2) is 8.85. The van der Waals surface area contributed by atoms with Gasteiger partial charge in [-0.3, -0.25) is 9.69 Å². The first kappa shape index (κ1) is 18.4. The average Bonchev–Trinajstić information content (AvgIpc) is 3.19. The van der Waals surface area contributed by atoms with E-state index in [1.807, 2.05) is 36.4 Å². The van der Waals surface area contributed by atoms with Crippen molar-refractivity contribution in [2.75, 3.05) is 13.1 Å². The Morgan fingerprint density at radius 1 is 1.04 bits per heavy atom. The molecule has 0 spiro atoms. The monoisotopic (exact) mass is 375 g/mol. The highest BCUT2D eigenvalue weighted by Crippen LogP contribution is 2.18. The predicted molar refractivity (Wildman–Crippen MR) is 109 cm³/mol. The van der Waals surface area contributed by atoms with E-state index in [2.05, 4.69) is 39.5 Å². The molecule has 1 fully saturated rings. The highest BCUT2D eigenvalue weighted by atomic mass is 16.3. The molecule has 3 aromatic rings. The molecule has 1 aliphatic heterocycles. The molecule has 0 aliphatic carbocycles. The minimum absolute atomic E-state index is 0.00872. The summed E-state index contributed by atoms with van der Waals surface area (Å²) >= 11 is 0. The molecule has 5 heteroatoms. The van der Waals surface area contributed by atoms with Crippen LogP contribution < -0.4 is 5.32 Å². The number of nitrogens with zero attached hydrogens (tertiary/aromatic N) is 2. The summed E-state index contributed by atoms with van der Waals surface area (Å²) in [6.07, 6.45) is 3.78. The van der Waals surface area contributed by atoms with Crippen LogP contribution in [0.2, 0.25) is 0 Å². The van der Waals surface area contributed by atoms with Gasteiger partial charge in [0.15, 0.2) is 0 Å². The fraction of sp³-hybridized carbons (Fsp3) is 0.304. The summed E-state index contributed by atoms with van der Waals surface area (Å²) < 4.78 is 5.51. The minimum atomic E-state index is 0.00872. The van der Waals surface area contributed by atoms with E-state index in [4.69, 9.17) is 4.42 Å². The maximum Gasteiger partial charge on any atom is 0.226 e. The van der Waals surface area contributed by atoms with Crippen molar-refractivity contribution < 1.29 is 9.21 Å². The standard InChI is InChI=1S/C23H25N3O2/c27-22(15-21-17-28-23(25-21)19-9-5-2-6-10-19)24-20-11-13-26(14-12-20)16-18-7-3-1-4-8-18/h1-10,17,20H,11-16H2,(H,24,27). The summed E-state index contributed by atoms with van der Waals surface area (Å²) in [6, 6.07) is 20.5. The topological polar surface area (TPSA) is 58.4 Å². The molecule has 1 aliphatic rings. The average molecular weight is 375 g/mol. The van der Waals surface area contributed by atoms with Crippen molar-refractivity contribution in [2.24, 2.45) is 0 Å². The van der Waals surface area contributed by atoms with Crippen LogP contribution in [-0.4, -0.2) is 34.9 Å². The number of amides is 1. The Bertz CT molecular complexity index is 884. The summed E-state index contributed by atoms with van der Waals surface area (Å²) in [4.78, 5) is 19.3. The number of nitrogens with one attached hydrogen (secondary N) is 1. The Hall–Kier alpha value is -2.92. The molecule has 0 saturated carbocycles. The van der Waals surface area contributed by atoms with E-state index in [1.54, 1.807) is 6.26 Å². The fourth-order valence-corrected chi connectivity index (χ4v) is 3.62. The number of rotatable bonds is 6. The summed E-state index contributed by atoms with van der Waals surface area (Å²) in [7, 11) is 0. The first-order chi connectivity index (χ1) is 13.8. The summed E-state index contributed by atoms with van der Waals surface area (Å²) in [6.45, 7) is 2.98. The summed E-state index contributed by atoms with van der Waals surface area (Å²) in [5.74, 6) is 0.562. The SMILES string of the molecule is O=C(Cc1coc(-c2ccccc2)n1)NC1CCN(Cc2ccccc2)CC1. The lowest BCUT2D eigenvalue weighted by atomic mass is 10.0. The molecule has 0 atom stereocenters. The van der Waals surface area contributed by atoms with Gasteiger partial charge in [-0.05, 0) is 30.5 Å². The van der Waals surface area contributed by atoms with Crippen LogP contribution in [0.15, 0.2) is 71.3 Å². The van der Waals surface area contributed by atoms with Gasteiger partial charge in [-0.2, -0.15) is 0 Å². The number of piperidine rings is 1. The van der Waals surface area contributed by atoms with Gasteiger partial charge in [0.25, 0.3) is 0 Å². The highest BCUT2D eigenvalue weighted by Gasteiger charge is 2.21. The van der Waals surface area contributed by atoms with Crippen molar-refractivity contribution in [3.8, 4) is 11.5 Å². The van der Waals surface area contributed by atoms with Crippen molar-refractivity contribution in [2.45, 2.75) is 31.8 Å². The van der Waals surface area contributed by atoms with Crippen LogP contribution in [0.25, 0.3) is 11.5 Å². The normalized spacial score (nSPS) is 15.4. The number of benzene rings is 2. The van der Waals surface area contributed by atoms with E-state index in [1.165, 1.54) is 5.56 Å². The smallest absolute Gasteiger partial charge is 0.226 e. The molecule has 28 heavy (non-hydrogen) atoms. The second-order valence-electron chi connectivity index (χ2n) is 7.29. The van der Waals surface area contributed by atoms with Crippen LogP contribution in [0.5, 0.6) is 0 Å². The van der Waals surface area contributed by atoms with Crippen molar-refractivity contribution in [3.63, 3.8) is 0 Å². The third-order valence-corrected chi connectivity index (χ3v) is 5.12. The van der Waals surface area contributed by atoms with Gasteiger partial charge in [0, 0.05) is 31.2 Å². The van der Waals surface area contributed by atoms with Crippen molar-refractivity contribution >= 4 is 5.91 Å². The van der Waals surface area contributed by atoms with Crippen LogP contribution in [0.1, 0.15) is 24.1 Å². The lowest BCUT2D eigenvalue weighted by Crippen LogP contribution is -2.44. The molecular formula is C23H25N3O2. The Morgan fingerprint density at radius 3 is 2.43 bits per heavy atom. The number of oxazole rings is 1. The Kier molecular flexibility index (Phi) is 5.83. The molecule has 1 saturated heterocycles. The first-order valence-electron chi connectivity index (χ1n) is 9.82. The van der Waals surface area contributed by atoms with Gasteiger partial charge in [-0.1, -0.05) is 48.5 Å². The number of likely N-dealkylation sites (tertiary alicyclic amines) is 1. The van der Waals surface area contributed by atoms with E-state index < -0.39 is 0 Å². The first-order valence-corrected chi connectivity index (χ1v) is 9.82. The largest absolute Gasteiger partial charge is 0.444 e. The second-order valence-corrected chi connectivity index (χ2v) is 7.29. The van der Waals surface area contributed by atoms with Crippen LogP contribution in [0.3, 0.4) is 0 Å². The molecule has 4 rings (SSSR count). The molecule has 2 heterocycles. The van der Waals surface area contributed by atoms with E-state index in [-0.39, 0.29) is 18.4 Å². The molecule has 1 aromatic heterocycles. The third-order valence-electron chi connectivity index (χ3n) is 5.12. The van der Waals surface area contributed by atoms with Gasteiger partial charge in [0.2, 0.25) is 11.8 Å². The van der Waals surface area contributed by atoms with Gasteiger partial charge in [0.1, 0.15) is 6.26 Å². The molecule has 5 nitrogen and oxygen atoms in total. The lowest BCUT2D eigenvalue weighted by Gasteiger charge is -2.32. The number of aromatic nitrogens is 1. The lowest BCUT2D eigenvalue weighted by molar-refractivity contribution is -0.121. The Balaban J connectivity index is 1.23. The molecule has 1 amide bonds. The molecule has 2 aromatic carbocycles. The zero-order chi connectivity index (χ0) is 19.2. The van der Waals surface area contributed by atoms with E-state index >= 15 is 0 Å². The number of carbonyl (C=O) groups is 1. The van der Waals surface area contributed by atoms with Gasteiger partial charge in [-0.15, -0.1) is 0 Å². The van der Waals surface area contributed by atoms with Crippen molar-refractivity contribution in [1.82, 2.24) is 15.2 Å². The Morgan fingerprint density at radius 2 is 1.71 bits per heavy atom. The third kappa shape index (κ3) is 4.87. The molecule has 0 unspecified atom stereocenters. The highest BCUT2D eigenvalue weighted by molar-refractivity contribution is 5.78. The van der Waals surface area contributed by atoms with Crippen molar-refractivity contribution in [1.29, 1.82) is 0 Å². The van der Waals surface area contributed by atoms with Crippen LogP contribution in [-0.2, 0) is 17.8 Å². The molecule has 144 valence electrons. The van der Waals surface area contributed by atoms with Crippen LogP contribution in [0, 0.1) is 0 Å². The quantitative estimate of drug-likeness (QED) is 0.714. The maximum absolute atomic E-state index is 12.4. The zero-order valence-corrected chi connectivity index (χ0v) is 15.9. The summed E-state index contributed by atoms with van der Waals surface area (Å²) in [5.41, 5.74) is 2.92.